The number of rotatable bonds is 1. The van der Waals surface area contributed by atoms with Crippen molar-refractivity contribution in [3.05, 3.63) is 29.3 Å². The van der Waals surface area contributed by atoms with Crippen LogP contribution in [0.25, 0.3) is 0 Å². The Kier molecular flexibility index (Phi) is 1.97. The first-order valence-corrected chi connectivity index (χ1v) is 2.96. The maximum absolute atomic E-state index is 12.7. The predicted molar refractivity (Wildman–Crippen MR) is 34.9 cm³/mol. The van der Waals surface area contributed by atoms with E-state index in [0.717, 1.165) is 0 Å². The van der Waals surface area contributed by atoms with E-state index in [2.05, 4.69) is 4.98 Å². The Morgan fingerprint density at radius 3 is 2.80 bits per heavy atom. The molecule has 1 N–H and O–H groups in total. The van der Waals surface area contributed by atoms with Gasteiger partial charge in [-0.25, -0.2) is 4.39 Å². The summed E-state index contributed by atoms with van der Waals surface area (Å²) in [5.74, 6) is -0.394. The Labute approximate surface area is 58.3 Å². The molecule has 2 nitrogen and oxygen atoms in total. The zero-order chi connectivity index (χ0) is 7.56. The second-order valence-corrected chi connectivity index (χ2v) is 2.01. The number of aliphatic hydroxyl groups is 1. The van der Waals surface area contributed by atoms with Crippen molar-refractivity contribution in [2.24, 2.45) is 0 Å². The van der Waals surface area contributed by atoms with Crippen LogP contribution in [0, 0.1) is 12.7 Å². The summed E-state index contributed by atoms with van der Waals surface area (Å²) in [5, 5.41) is 8.62. The molecule has 0 unspecified atom stereocenters. The third-order valence-corrected chi connectivity index (χ3v) is 1.37. The first kappa shape index (κ1) is 7.15. The molecule has 0 aromatic carbocycles. The zero-order valence-corrected chi connectivity index (χ0v) is 5.63. The molecule has 3 heteroatoms. The van der Waals surface area contributed by atoms with E-state index in [9.17, 15) is 4.39 Å². The number of aryl methyl sites for hydroxylation is 1. The molecule has 1 aromatic rings. The maximum atomic E-state index is 12.7. The Hall–Kier alpha value is -0.960. The van der Waals surface area contributed by atoms with Gasteiger partial charge in [0, 0.05) is 17.5 Å². The quantitative estimate of drug-likeness (QED) is 0.633. The second-order valence-electron chi connectivity index (χ2n) is 2.01. The number of hydrogen-bond acceptors (Lipinski definition) is 2. The van der Waals surface area contributed by atoms with Crippen LogP contribution in [0.3, 0.4) is 0 Å². The van der Waals surface area contributed by atoms with Crippen molar-refractivity contribution < 1.29 is 9.50 Å². The minimum Gasteiger partial charge on any atom is -0.391 e. The molecule has 1 heterocycles. The largest absolute Gasteiger partial charge is 0.391 e. The summed E-state index contributed by atoms with van der Waals surface area (Å²) in [5.41, 5.74) is 0.824. The highest BCUT2D eigenvalue weighted by atomic mass is 19.1. The number of aliphatic hydroxyl groups excluding tert-OH is 1. The summed E-state index contributed by atoms with van der Waals surface area (Å²) >= 11 is 0. The summed E-state index contributed by atoms with van der Waals surface area (Å²) in [6, 6.07) is 1.23. The van der Waals surface area contributed by atoms with Crippen LogP contribution in [0.15, 0.2) is 12.3 Å². The average Bonchev–Trinajstić information content (AvgIpc) is 1.88. The molecule has 0 bridgehead atoms. The third-order valence-electron chi connectivity index (χ3n) is 1.37. The molecule has 0 saturated heterocycles. The number of halogens is 1. The fourth-order valence-corrected chi connectivity index (χ4v) is 0.756. The van der Waals surface area contributed by atoms with E-state index in [1.807, 2.05) is 0 Å². The number of aromatic nitrogens is 1. The monoisotopic (exact) mass is 141 g/mol. The van der Waals surface area contributed by atoms with Gasteiger partial charge < -0.3 is 5.11 Å². The average molecular weight is 141 g/mol. The van der Waals surface area contributed by atoms with Crippen LogP contribution in [-0.4, -0.2) is 10.1 Å². The van der Waals surface area contributed by atoms with Crippen molar-refractivity contribution in [2.45, 2.75) is 13.5 Å². The lowest BCUT2D eigenvalue weighted by molar-refractivity contribution is 0.274. The Bertz CT molecular complexity index is 217. The predicted octanol–water partition coefficient (Wildman–Crippen LogP) is 1.02. The smallest absolute Gasteiger partial charge is 0.132 e. The topological polar surface area (TPSA) is 33.1 Å². The molecule has 1 aromatic heterocycles. The maximum Gasteiger partial charge on any atom is 0.132 e. The minimum absolute atomic E-state index is 0.280. The fourth-order valence-electron chi connectivity index (χ4n) is 0.756. The molecule has 0 amide bonds. The molecular formula is C7H8FNO. The van der Waals surface area contributed by atoms with E-state index in [1.165, 1.54) is 12.3 Å². The van der Waals surface area contributed by atoms with Crippen LogP contribution in [-0.2, 0) is 6.61 Å². The standard InChI is InChI=1S/C7H8FNO/c1-5-6(4-10)7(8)2-3-9-5/h2-3,10H,4H2,1H3. The summed E-state index contributed by atoms with van der Waals surface area (Å²) < 4.78 is 12.7. The Morgan fingerprint density at radius 1 is 1.70 bits per heavy atom. The third kappa shape index (κ3) is 1.14. The molecule has 54 valence electrons. The molecule has 0 aliphatic carbocycles. The lowest BCUT2D eigenvalue weighted by atomic mass is 10.2. The van der Waals surface area contributed by atoms with Gasteiger partial charge in [0.2, 0.25) is 0 Å². The van der Waals surface area contributed by atoms with Gasteiger partial charge in [0.1, 0.15) is 5.82 Å². The second kappa shape index (κ2) is 2.75. The fraction of sp³-hybridized carbons (Fsp3) is 0.286. The zero-order valence-electron chi connectivity index (χ0n) is 5.63. The molecule has 0 aliphatic heterocycles. The summed E-state index contributed by atoms with van der Waals surface area (Å²) in [6.45, 7) is 1.38. The van der Waals surface area contributed by atoms with Gasteiger partial charge >= 0.3 is 0 Å². The van der Waals surface area contributed by atoms with Crippen LogP contribution < -0.4 is 0 Å². The normalized spacial score (nSPS) is 9.90. The molecule has 0 fully saturated rings. The van der Waals surface area contributed by atoms with Gasteiger partial charge in [-0.2, -0.15) is 0 Å². The van der Waals surface area contributed by atoms with Crippen molar-refractivity contribution in [3.63, 3.8) is 0 Å². The molecule has 0 atom stereocenters. The number of pyridine rings is 1. The van der Waals surface area contributed by atoms with E-state index >= 15 is 0 Å². The van der Waals surface area contributed by atoms with E-state index in [4.69, 9.17) is 5.11 Å². The van der Waals surface area contributed by atoms with Crippen molar-refractivity contribution >= 4 is 0 Å². The van der Waals surface area contributed by atoms with Gasteiger partial charge in [0.05, 0.1) is 6.61 Å². The molecule has 0 spiro atoms. The molecule has 0 saturated carbocycles. The van der Waals surface area contributed by atoms with Crippen molar-refractivity contribution in [2.75, 3.05) is 0 Å². The van der Waals surface area contributed by atoms with Gasteiger partial charge in [-0.1, -0.05) is 0 Å². The first-order valence-electron chi connectivity index (χ1n) is 2.96. The van der Waals surface area contributed by atoms with Crippen LogP contribution in [0.5, 0.6) is 0 Å². The highest BCUT2D eigenvalue weighted by Gasteiger charge is 2.02. The molecule has 0 radical (unpaired) electrons. The van der Waals surface area contributed by atoms with E-state index in [1.54, 1.807) is 6.92 Å². The van der Waals surface area contributed by atoms with E-state index in [0.29, 0.717) is 5.69 Å². The summed E-state index contributed by atoms with van der Waals surface area (Å²) in [6.07, 6.45) is 1.38. The van der Waals surface area contributed by atoms with E-state index < -0.39 is 5.82 Å². The van der Waals surface area contributed by atoms with Crippen LogP contribution in [0.4, 0.5) is 4.39 Å². The van der Waals surface area contributed by atoms with Crippen LogP contribution >= 0.6 is 0 Å². The number of hydrogen-bond donors (Lipinski definition) is 1. The summed E-state index contributed by atoms with van der Waals surface area (Å²) in [4.78, 5) is 3.81. The summed E-state index contributed by atoms with van der Waals surface area (Å²) in [7, 11) is 0. The molecule has 0 aliphatic rings. The molecule has 10 heavy (non-hydrogen) atoms. The van der Waals surface area contributed by atoms with Gasteiger partial charge in [-0.15, -0.1) is 0 Å². The van der Waals surface area contributed by atoms with Gasteiger partial charge in [-0.3, -0.25) is 4.98 Å². The van der Waals surface area contributed by atoms with Crippen molar-refractivity contribution in [1.29, 1.82) is 0 Å². The first-order chi connectivity index (χ1) is 4.75. The van der Waals surface area contributed by atoms with Crippen LogP contribution in [0.1, 0.15) is 11.3 Å². The molecule has 1 rings (SSSR count). The number of nitrogens with zero attached hydrogens (tertiary/aromatic N) is 1. The lowest BCUT2D eigenvalue weighted by Crippen LogP contribution is -1.95. The highest BCUT2D eigenvalue weighted by Crippen LogP contribution is 2.08. The van der Waals surface area contributed by atoms with Crippen molar-refractivity contribution in [3.8, 4) is 0 Å². The Morgan fingerprint density at radius 2 is 2.40 bits per heavy atom. The van der Waals surface area contributed by atoms with Gasteiger partial charge in [0.15, 0.2) is 0 Å². The SMILES string of the molecule is Cc1nccc(F)c1CO. The highest BCUT2D eigenvalue weighted by molar-refractivity contribution is 5.19. The Balaban J connectivity index is 3.17. The van der Waals surface area contributed by atoms with Crippen molar-refractivity contribution in [1.82, 2.24) is 4.98 Å². The lowest BCUT2D eigenvalue weighted by Gasteiger charge is -2.00. The van der Waals surface area contributed by atoms with Gasteiger partial charge in [0.25, 0.3) is 0 Å². The van der Waals surface area contributed by atoms with E-state index in [-0.39, 0.29) is 12.2 Å². The minimum atomic E-state index is -0.394. The molecular weight excluding hydrogens is 133 g/mol. The van der Waals surface area contributed by atoms with Gasteiger partial charge in [-0.05, 0) is 13.0 Å². The van der Waals surface area contributed by atoms with Crippen LogP contribution in [0.2, 0.25) is 0 Å².